The Bertz CT molecular complexity index is 1180. The third kappa shape index (κ3) is 2.70. The van der Waals surface area contributed by atoms with Gasteiger partial charge in [-0.15, -0.1) is 0 Å². The van der Waals surface area contributed by atoms with Crippen molar-refractivity contribution in [1.82, 2.24) is 9.97 Å². The minimum Gasteiger partial charge on any atom is -0.438 e. The fourth-order valence-corrected chi connectivity index (χ4v) is 3.52. The van der Waals surface area contributed by atoms with Crippen LogP contribution in [0.4, 0.5) is 0 Å². The second kappa shape index (κ2) is 6.54. The van der Waals surface area contributed by atoms with Crippen LogP contribution in [0, 0.1) is 0 Å². The third-order valence-corrected chi connectivity index (χ3v) is 4.68. The van der Waals surface area contributed by atoms with E-state index in [4.69, 9.17) is 4.74 Å². The standard InChI is InChI=1S/C24H16N2O/c1-2-8-17(9-3-1)23-18-10-4-5-11-19(18)24(20-13-15-25-16-21(20)23)27-22-12-6-7-14-26-22/h1-16H. The van der Waals surface area contributed by atoms with Crippen molar-refractivity contribution in [1.29, 1.82) is 0 Å². The number of fused-ring (bicyclic) bond motifs is 2. The molecule has 5 aromatic rings. The van der Waals surface area contributed by atoms with Crippen molar-refractivity contribution >= 4 is 21.5 Å². The molecule has 0 atom stereocenters. The van der Waals surface area contributed by atoms with E-state index >= 15 is 0 Å². The number of rotatable bonds is 3. The van der Waals surface area contributed by atoms with Gasteiger partial charge in [-0.3, -0.25) is 4.98 Å². The Morgan fingerprint density at radius 3 is 2.15 bits per heavy atom. The SMILES string of the molecule is c1ccc(-c2c3ccccc3c(Oc3ccccn3)c3ccncc23)cc1. The molecule has 0 bridgehead atoms. The van der Waals surface area contributed by atoms with E-state index in [1.807, 2.05) is 42.6 Å². The molecule has 128 valence electrons. The summed E-state index contributed by atoms with van der Waals surface area (Å²) < 4.78 is 6.26. The van der Waals surface area contributed by atoms with Crippen LogP contribution < -0.4 is 4.74 Å². The molecule has 0 unspecified atom stereocenters. The highest BCUT2D eigenvalue weighted by Gasteiger charge is 2.16. The number of hydrogen-bond acceptors (Lipinski definition) is 3. The molecular weight excluding hydrogens is 332 g/mol. The average Bonchev–Trinajstić information content (AvgIpc) is 2.75. The van der Waals surface area contributed by atoms with Gasteiger partial charge in [-0.2, -0.15) is 0 Å². The van der Waals surface area contributed by atoms with Crippen LogP contribution in [0.3, 0.4) is 0 Å². The Labute approximate surface area is 156 Å². The zero-order valence-corrected chi connectivity index (χ0v) is 14.5. The highest BCUT2D eigenvalue weighted by molar-refractivity contribution is 6.16. The molecule has 5 rings (SSSR count). The predicted molar refractivity (Wildman–Crippen MR) is 109 cm³/mol. The van der Waals surface area contributed by atoms with E-state index in [1.165, 1.54) is 5.56 Å². The van der Waals surface area contributed by atoms with Gasteiger partial charge in [-0.25, -0.2) is 4.98 Å². The minimum atomic E-state index is 0.577. The molecule has 0 saturated heterocycles. The largest absolute Gasteiger partial charge is 0.438 e. The van der Waals surface area contributed by atoms with Gasteiger partial charge >= 0.3 is 0 Å². The topological polar surface area (TPSA) is 35.0 Å². The molecule has 2 aromatic heterocycles. The molecule has 0 fully saturated rings. The summed E-state index contributed by atoms with van der Waals surface area (Å²) in [6.07, 6.45) is 5.45. The summed E-state index contributed by atoms with van der Waals surface area (Å²) in [5.41, 5.74) is 2.33. The van der Waals surface area contributed by atoms with Gasteiger partial charge in [0.2, 0.25) is 5.88 Å². The Hall–Kier alpha value is -3.72. The fraction of sp³-hybridized carbons (Fsp3) is 0. The number of aromatic nitrogens is 2. The van der Waals surface area contributed by atoms with Crippen LogP contribution in [0.5, 0.6) is 11.6 Å². The maximum Gasteiger partial charge on any atom is 0.219 e. The van der Waals surface area contributed by atoms with Crippen molar-refractivity contribution < 1.29 is 4.74 Å². The van der Waals surface area contributed by atoms with Crippen LogP contribution in [0.1, 0.15) is 0 Å². The third-order valence-electron chi connectivity index (χ3n) is 4.68. The van der Waals surface area contributed by atoms with E-state index in [0.29, 0.717) is 5.88 Å². The highest BCUT2D eigenvalue weighted by Crippen LogP contribution is 2.43. The first-order chi connectivity index (χ1) is 13.4. The predicted octanol–water partition coefficient (Wildman–Crippen LogP) is 6.24. The summed E-state index contributed by atoms with van der Waals surface area (Å²) in [5, 5.41) is 4.28. The van der Waals surface area contributed by atoms with E-state index in [-0.39, 0.29) is 0 Å². The summed E-state index contributed by atoms with van der Waals surface area (Å²) in [7, 11) is 0. The average molecular weight is 348 g/mol. The molecule has 27 heavy (non-hydrogen) atoms. The lowest BCUT2D eigenvalue weighted by Gasteiger charge is -2.16. The monoisotopic (exact) mass is 348 g/mol. The molecule has 0 N–H and O–H groups in total. The Balaban J connectivity index is 1.89. The van der Waals surface area contributed by atoms with Crippen LogP contribution in [0.15, 0.2) is 97.5 Å². The van der Waals surface area contributed by atoms with Crippen molar-refractivity contribution in [2.45, 2.75) is 0 Å². The summed E-state index contributed by atoms with van der Waals surface area (Å²) in [6.45, 7) is 0. The van der Waals surface area contributed by atoms with Crippen molar-refractivity contribution in [2.24, 2.45) is 0 Å². The zero-order valence-electron chi connectivity index (χ0n) is 14.5. The van der Waals surface area contributed by atoms with Crippen LogP contribution in [-0.2, 0) is 0 Å². The summed E-state index contributed by atoms with van der Waals surface area (Å²) >= 11 is 0. The van der Waals surface area contributed by atoms with Gasteiger partial charge in [0.1, 0.15) is 5.75 Å². The Kier molecular flexibility index (Phi) is 3.76. The molecule has 0 spiro atoms. The number of pyridine rings is 2. The van der Waals surface area contributed by atoms with Crippen LogP contribution >= 0.6 is 0 Å². The van der Waals surface area contributed by atoms with Gasteiger partial charge in [0.25, 0.3) is 0 Å². The first-order valence-corrected chi connectivity index (χ1v) is 8.84. The molecule has 0 aliphatic heterocycles. The van der Waals surface area contributed by atoms with E-state index in [2.05, 4.69) is 52.4 Å². The number of hydrogen-bond donors (Lipinski definition) is 0. The number of nitrogens with zero attached hydrogens (tertiary/aromatic N) is 2. The Morgan fingerprint density at radius 1 is 0.593 bits per heavy atom. The summed E-state index contributed by atoms with van der Waals surface area (Å²) in [4.78, 5) is 8.71. The minimum absolute atomic E-state index is 0.577. The van der Waals surface area contributed by atoms with Gasteiger partial charge in [-0.1, -0.05) is 60.7 Å². The summed E-state index contributed by atoms with van der Waals surface area (Å²) in [5.74, 6) is 1.38. The maximum absolute atomic E-state index is 6.26. The second-order valence-corrected chi connectivity index (χ2v) is 6.31. The van der Waals surface area contributed by atoms with Gasteiger partial charge in [0, 0.05) is 40.8 Å². The Morgan fingerprint density at radius 2 is 1.33 bits per heavy atom. The summed E-state index contributed by atoms with van der Waals surface area (Å²) in [6, 6.07) is 26.4. The van der Waals surface area contributed by atoms with Gasteiger partial charge in [-0.05, 0) is 28.6 Å². The molecule has 3 heteroatoms. The lowest BCUT2D eigenvalue weighted by Crippen LogP contribution is -1.93. The van der Waals surface area contributed by atoms with Crippen LogP contribution in [-0.4, -0.2) is 9.97 Å². The molecule has 0 aliphatic carbocycles. The van der Waals surface area contributed by atoms with E-state index in [9.17, 15) is 0 Å². The van der Waals surface area contributed by atoms with E-state index in [0.717, 1.165) is 32.9 Å². The first kappa shape index (κ1) is 15.5. The molecule has 0 amide bonds. The molecular formula is C24H16N2O. The lowest BCUT2D eigenvalue weighted by molar-refractivity contribution is 0.473. The van der Waals surface area contributed by atoms with Crippen molar-refractivity contribution in [3.05, 3.63) is 97.5 Å². The van der Waals surface area contributed by atoms with Crippen LogP contribution in [0.2, 0.25) is 0 Å². The van der Waals surface area contributed by atoms with E-state index < -0.39 is 0 Å². The highest BCUT2D eigenvalue weighted by atomic mass is 16.5. The number of benzene rings is 3. The molecule has 0 radical (unpaired) electrons. The normalized spacial score (nSPS) is 11.0. The van der Waals surface area contributed by atoms with E-state index in [1.54, 1.807) is 12.4 Å². The number of ether oxygens (including phenoxy) is 1. The second-order valence-electron chi connectivity index (χ2n) is 6.31. The smallest absolute Gasteiger partial charge is 0.219 e. The van der Waals surface area contributed by atoms with Gasteiger partial charge in [0.15, 0.2) is 0 Å². The van der Waals surface area contributed by atoms with Crippen molar-refractivity contribution in [2.75, 3.05) is 0 Å². The first-order valence-electron chi connectivity index (χ1n) is 8.84. The molecule has 3 aromatic carbocycles. The van der Waals surface area contributed by atoms with Crippen molar-refractivity contribution in [3.63, 3.8) is 0 Å². The molecule has 0 saturated carbocycles. The molecule has 3 nitrogen and oxygen atoms in total. The van der Waals surface area contributed by atoms with Crippen molar-refractivity contribution in [3.8, 4) is 22.8 Å². The van der Waals surface area contributed by atoms with Crippen LogP contribution in [0.25, 0.3) is 32.7 Å². The molecule has 0 aliphatic rings. The molecule has 2 heterocycles. The van der Waals surface area contributed by atoms with Gasteiger partial charge in [0.05, 0.1) is 0 Å². The van der Waals surface area contributed by atoms with Gasteiger partial charge < -0.3 is 4.74 Å². The lowest BCUT2D eigenvalue weighted by atomic mass is 9.92. The zero-order chi connectivity index (χ0) is 18.1. The fourth-order valence-electron chi connectivity index (χ4n) is 3.52. The quantitative estimate of drug-likeness (QED) is 0.362. The maximum atomic E-state index is 6.26.